The van der Waals surface area contributed by atoms with Gasteiger partial charge in [-0.1, -0.05) is 13.3 Å². The zero-order valence-corrected chi connectivity index (χ0v) is 15.3. The molecule has 1 aromatic carbocycles. The Balaban J connectivity index is 1.73. The van der Waals surface area contributed by atoms with Gasteiger partial charge in [0.25, 0.3) is 0 Å². The lowest BCUT2D eigenvalue weighted by Crippen LogP contribution is -2.58. The third-order valence-electron chi connectivity index (χ3n) is 5.29. The molecule has 138 valence electrons. The molecule has 7 heteroatoms. The van der Waals surface area contributed by atoms with E-state index >= 15 is 0 Å². The highest BCUT2D eigenvalue weighted by molar-refractivity contribution is 7.89. The van der Waals surface area contributed by atoms with Gasteiger partial charge in [-0.2, -0.15) is 4.31 Å². The van der Waals surface area contributed by atoms with Crippen LogP contribution in [0.1, 0.15) is 39.0 Å². The standard InChI is InChI=1S/C18H25FN2O3S/c1-2-3-10-25(23,24)21-12-13-4-9-17(21)16(11-13)18(22)20-15-7-5-14(19)6-8-15/h5-8,13,16-17H,2-4,9-12H2,1H3,(H,20,22). The molecule has 0 spiro atoms. The van der Waals surface area contributed by atoms with Crippen LogP contribution < -0.4 is 5.32 Å². The number of anilines is 1. The molecule has 3 aliphatic rings. The molecule has 5 nitrogen and oxygen atoms in total. The van der Waals surface area contributed by atoms with E-state index in [0.717, 1.165) is 25.7 Å². The third kappa shape index (κ3) is 4.03. The van der Waals surface area contributed by atoms with Crippen LogP contribution in [0, 0.1) is 17.7 Å². The van der Waals surface area contributed by atoms with Crippen molar-refractivity contribution < 1.29 is 17.6 Å². The number of unbranched alkanes of at least 4 members (excludes halogenated alkanes) is 1. The van der Waals surface area contributed by atoms with E-state index in [-0.39, 0.29) is 35.4 Å². The van der Waals surface area contributed by atoms with Crippen LogP contribution in [0.15, 0.2) is 24.3 Å². The number of amides is 1. The van der Waals surface area contributed by atoms with Crippen LogP contribution in [-0.4, -0.2) is 37.0 Å². The van der Waals surface area contributed by atoms with E-state index in [1.165, 1.54) is 24.3 Å². The number of nitrogens with zero attached hydrogens (tertiary/aromatic N) is 1. The number of carbonyl (C=O) groups excluding carboxylic acids is 1. The van der Waals surface area contributed by atoms with E-state index < -0.39 is 10.0 Å². The molecular formula is C18H25FN2O3S. The molecule has 2 aliphatic heterocycles. The molecule has 0 radical (unpaired) electrons. The Morgan fingerprint density at radius 3 is 2.64 bits per heavy atom. The predicted octanol–water partition coefficient (Wildman–Crippen LogP) is 2.99. The second kappa shape index (κ2) is 7.41. The Bertz CT molecular complexity index is 720. The number of fused-ring (bicyclic) bond motifs is 3. The van der Waals surface area contributed by atoms with E-state index in [9.17, 15) is 17.6 Å². The first-order chi connectivity index (χ1) is 11.9. The molecule has 1 saturated carbocycles. The van der Waals surface area contributed by atoms with E-state index in [1.54, 1.807) is 4.31 Å². The monoisotopic (exact) mass is 368 g/mol. The molecule has 4 rings (SSSR count). The minimum atomic E-state index is -3.32. The lowest BCUT2D eigenvalue weighted by atomic mass is 9.73. The van der Waals surface area contributed by atoms with Crippen molar-refractivity contribution in [1.29, 1.82) is 0 Å². The number of nitrogens with one attached hydrogen (secondary N) is 1. The van der Waals surface area contributed by atoms with Crippen molar-refractivity contribution in [2.24, 2.45) is 11.8 Å². The van der Waals surface area contributed by atoms with Crippen molar-refractivity contribution in [3.05, 3.63) is 30.1 Å². The van der Waals surface area contributed by atoms with Gasteiger partial charge in [-0.05, 0) is 55.9 Å². The average molecular weight is 368 g/mol. The second-order valence-electron chi connectivity index (χ2n) is 7.09. The number of hydrogen-bond donors (Lipinski definition) is 1. The molecule has 3 fully saturated rings. The van der Waals surface area contributed by atoms with Gasteiger partial charge in [-0.3, -0.25) is 4.79 Å². The number of carbonyl (C=O) groups is 1. The zero-order chi connectivity index (χ0) is 18.0. The van der Waals surface area contributed by atoms with E-state index in [2.05, 4.69) is 5.32 Å². The van der Waals surface area contributed by atoms with Crippen LogP contribution in [-0.2, 0) is 14.8 Å². The molecule has 0 aromatic heterocycles. The van der Waals surface area contributed by atoms with Crippen LogP contribution >= 0.6 is 0 Å². The lowest BCUT2D eigenvalue weighted by molar-refractivity contribution is -0.125. The maximum absolute atomic E-state index is 13.0. The van der Waals surface area contributed by atoms with Gasteiger partial charge in [0.1, 0.15) is 5.82 Å². The number of hydrogen-bond acceptors (Lipinski definition) is 3. The lowest BCUT2D eigenvalue weighted by Gasteiger charge is -2.48. The fourth-order valence-electron chi connectivity index (χ4n) is 3.96. The van der Waals surface area contributed by atoms with Gasteiger partial charge in [-0.15, -0.1) is 0 Å². The molecule has 1 aliphatic carbocycles. The normalized spacial score (nSPS) is 26.6. The molecular weight excluding hydrogens is 343 g/mol. The van der Waals surface area contributed by atoms with Crippen LogP contribution in [0.2, 0.25) is 0 Å². The molecule has 2 bridgehead atoms. The van der Waals surface area contributed by atoms with Crippen molar-refractivity contribution in [2.45, 2.75) is 45.1 Å². The number of benzene rings is 1. The molecule has 2 saturated heterocycles. The summed E-state index contributed by atoms with van der Waals surface area (Å²) < 4.78 is 39.9. The van der Waals surface area contributed by atoms with Gasteiger partial charge in [0, 0.05) is 18.3 Å². The molecule has 2 heterocycles. The highest BCUT2D eigenvalue weighted by Crippen LogP contribution is 2.41. The Labute approximate surface area is 148 Å². The summed E-state index contributed by atoms with van der Waals surface area (Å²) in [6.45, 7) is 2.51. The first kappa shape index (κ1) is 18.3. The zero-order valence-electron chi connectivity index (χ0n) is 14.4. The summed E-state index contributed by atoms with van der Waals surface area (Å²) in [7, 11) is -3.32. The minimum absolute atomic E-state index is 0.152. The Hall–Kier alpha value is -1.47. The fraction of sp³-hybridized carbons (Fsp3) is 0.611. The maximum Gasteiger partial charge on any atom is 0.229 e. The van der Waals surface area contributed by atoms with Crippen molar-refractivity contribution in [3.63, 3.8) is 0 Å². The van der Waals surface area contributed by atoms with Crippen LogP contribution in [0.25, 0.3) is 0 Å². The summed E-state index contributed by atoms with van der Waals surface area (Å²) in [5, 5.41) is 2.81. The first-order valence-electron chi connectivity index (χ1n) is 8.96. The highest BCUT2D eigenvalue weighted by Gasteiger charge is 2.47. The number of rotatable bonds is 6. The summed E-state index contributed by atoms with van der Waals surface area (Å²) in [4.78, 5) is 12.7. The van der Waals surface area contributed by atoms with Gasteiger partial charge < -0.3 is 5.32 Å². The van der Waals surface area contributed by atoms with E-state index in [4.69, 9.17) is 0 Å². The molecule has 1 amide bonds. The quantitative estimate of drug-likeness (QED) is 0.839. The average Bonchev–Trinajstić information content (AvgIpc) is 2.62. The molecule has 1 N–H and O–H groups in total. The highest BCUT2D eigenvalue weighted by atomic mass is 32.2. The fourth-order valence-corrected chi connectivity index (χ4v) is 5.95. The molecule has 3 atom stereocenters. The number of halogens is 1. The van der Waals surface area contributed by atoms with Crippen LogP contribution in [0.5, 0.6) is 0 Å². The molecule has 25 heavy (non-hydrogen) atoms. The Kier molecular flexibility index (Phi) is 5.43. The SMILES string of the molecule is CCCCS(=O)(=O)N1CC2CCC1C(C(=O)Nc1ccc(F)cc1)C2. The maximum atomic E-state index is 13.0. The van der Waals surface area contributed by atoms with Crippen molar-refractivity contribution in [1.82, 2.24) is 4.31 Å². The topological polar surface area (TPSA) is 66.5 Å². The largest absolute Gasteiger partial charge is 0.326 e. The number of piperidine rings is 2. The van der Waals surface area contributed by atoms with Crippen molar-refractivity contribution in [3.8, 4) is 0 Å². The molecule has 1 aromatic rings. The van der Waals surface area contributed by atoms with Crippen LogP contribution in [0.3, 0.4) is 0 Å². The van der Waals surface area contributed by atoms with Gasteiger partial charge in [0.15, 0.2) is 0 Å². The third-order valence-corrected chi connectivity index (χ3v) is 7.23. The smallest absolute Gasteiger partial charge is 0.229 e. The van der Waals surface area contributed by atoms with Crippen molar-refractivity contribution in [2.75, 3.05) is 17.6 Å². The Morgan fingerprint density at radius 2 is 2.00 bits per heavy atom. The second-order valence-corrected chi connectivity index (χ2v) is 9.13. The van der Waals surface area contributed by atoms with Gasteiger partial charge >= 0.3 is 0 Å². The van der Waals surface area contributed by atoms with E-state index in [0.29, 0.717) is 18.7 Å². The summed E-state index contributed by atoms with van der Waals surface area (Å²) >= 11 is 0. The summed E-state index contributed by atoms with van der Waals surface area (Å²) in [5.41, 5.74) is 0.535. The molecule has 3 unspecified atom stereocenters. The Morgan fingerprint density at radius 1 is 1.28 bits per heavy atom. The summed E-state index contributed by atoms with van der Waals surface area (Å²) in [6.07, 6.45) is 3.90. The van der Waals surface area contributed by atoms with E-state index in [1.807, 2.05) is 6.92 Å². The van der Waals surface area contributed by atoms with Gasteiger partial charge in [0.2, 0.25) is 15.9 Å². The summed E-state index contributed by atoms with van der Waals surface area (Å²) in [5.74, 6) is -0.474. The predicted molar refractivity (Wildman–Crippen MR) is 95.0 cm³/mol. The number of sulfonamides is 1. The summed E-state index contributed by atoms with van der Waals surface area (Å²) in [6, 6.07) is 5.37. The van der Waals surface area contributed by atoms with Crippen molar-refractivity contribution >= 4 is 21.6 Å². The van der Waals surface area contributed by atoms with Gasteiger partial charge in [0.05, 0.1) is 11.7 Å². The minimum Gasteiger partial charge on any atom is -0.326 e. The van der Waals surface area contributed by atoms with Crippen LogP contribution in [0.4, 0.5) is 10.1 Å². The van der Waals surface area contributed by atoms with Gasteiger partial charge in [-0.25, -0.2) is 12.8 Å². The first-order valence-corrected chi connectivity index (χ1v) is 10.6.